The normalized spacial score (nSPS) is 13.8. The topological polar surface area (TPSA) is 28.2 Å². The molecule has 0 saturated carbocycles. The molecule has 0 amide bonds. The van der Waals surface area contributed by atoms with Crippen LogP contribution in [0.2, 0.25) is 0 Å². The van der Waals surface area contributed by atoms with Gasteiger partial charge in [0.2, 0.25) is 0 Å². The number of nitrogens with one attached hydrogen (secondary N) is 1. The summed E-state index contributed by atoms with van der Waals surface area (Å²) in [5.74, 6) is 0. The summed E-state index contributed by atoms with van der Waals surface area (Å²) >= 11 is 1.71. The molecule has 1 aromatic carbocycles. The minimum absolute atomic E-state index is 0.813. The van der Waals surface area contributed by atoms with E-state index in [9.17, 15) is 0 Å². The van der Waals surface area contributed by atoms with E-state index in [-0.39, 0.29) is 0 Å². The smallest absolute Gasteiger partial charge is 0.112 e. The van der Waals surface area contributed by atoms with Crippen LogP contribution >= 0.6 is 11.3 Å². The van der Waals surface area contributed by atoms with Crippen LogP contribution in [0.25, 0.3) is 0 Å². The van der Waals surface area contributed by atoms with E-state index in [2.05, 4.69) is 45.8 Å². The molecule has 1 aliphatic rings. The Bertz CT molecular complexity index is 562. The van der Waals surface area contributed by atoms with Crippen molar-refractivity contribution in [1.82, 2.24) is 4.98 Å². The van der Waals surface area contributed by atoms with Crippen LogP contribution in [0, 0.1) is 6.92 Å². The minimum Gasteiger partial charge on any atom is -0.379 e. The van der Waals surface area contributed by atoms with E-state index >= 15 is 0 Å². The van der Waals surface area contributed by atoms with E-state index < -0.39 is 0 Å². The van der Waals surface area contributed by atoms with Gasteiger partial charge in [0.15, 0.2) is 0 Å². The number of aromatic nitrogens is 1. The molecular formula is C14H17N3S. The SMILES string of the molecule is Cc1csc(CNc2ccc3c(c2)CCN3C)n1. The van der Waals surface area contributed by atoms with Crippen molar-refractivity contribution in [1.29, 1.82) is 0 Å². The Morgan fingerprint density at radius 1 is 1.44 bits per heavy atom. The lowest BCUT2D eigenvalue weighted by Gasteiger charge is -2.12. The van der Waals surface area contributed by atoms with Crippen LogP contribution in [0.1, 0.15) is 16.3 Å². The summed E-state index contributed by atoms with van der Waals surface area (Å²) in [5, 5.41) is 6.68. The maximum Gasteiger partial charge on any atom is 0.112 e. The predicted molar refractivity (Wildman–Crippen MR) is 77.6 cm³/mol. The van der Waals surface area contributed by atoms with Gasteiger partial charge in [0.25, 0.3) is 0 Å². The van der Waals surface area contributed by atoms with Crippen molar-refractivity contribution >= 4 is 22.7 Å². The number of hydrogen-bond acceptors (Lipinski definition) is 4. The Labute approximate surface area is 111 Å². The molecule has 1 N–H and O–H groups in total. The van der Waals surface area contributed by atoms with E-state index in [4.69, 9.17) is 0 Å². The molecule has 2 heterocycles. The van der Waals surface area contributed by atoms with Crippen LogP contribution in [0.3, 0.4) is 0 Å². The number of thiazole rings is 1. The Hall–Kier alpha value is -1.55. The summed E-state index contributed by atoms with van der Waals surface area (Å²) in [4.78, 5) is 6.77. The number of anilines is 2. The first kappa shape index (κ1) is 11.5. The molecule has 2 aromatic rings. The zero-order valence-electron chi connectivity index (χ0n) is 10.7. The van der Waals surface area contributed by atoms with E-state index in [1.54, 1.807) is 11.3 Å². The third-order valence-corrected chi connectivity index (χ3v) is 4.28. The van der Waals surface area contributed by atoms with E-state index in [1.165, 1.54) is 16.9 Å². The number of likely N-dealkylation sites (N-methyl/N-ethyl adjacent to an activating group) is 1. The Balaban J connectivity index is 1.70. The number of benzene rings is 1. The second-order valence-electron chi connectivity index (χ2n) is 4.75. The molecule has 0 aliphatic carbocycles. The highest BCUT2D eigenvalue weighted by atomic mass is 32.1. The van der Waals surface area contributed by atoms with Crippen molar-refractivity contribution in [3.63, 3.8) is 0 Å². The zero-order valence-corrected chi connectivity index (χ0v) is 11.5. The zero-order chi connectivity index (χ0) is 12.5. The van der Waals surface area contributed by atoms with Gasteiger partial charge in [0.1, 0.15) is 5.01 Å². The van der Waals surface area contributed by atoms with Gasteiger partial charge in [-0.15, -0.1) is 11.3 Å². The number of aryl methyl sites for hydroxylation is 1. The van der Waals surface area contributed by atoms with Crippen molar-refractivity contribution in [3.8, 4) is 0 Å². The van der Waals surface area contributed by atoms with Crippen LogP contribution in [0.4, 0.5) is 11.4 Å². The third-order valence-electron chi connectivity index (χ3n) is 3.32. The Kier molecular flexibility index (Phi) is 2.96. The van der Waals surface area contributed by atoms with Crippen molar-refractivity contribution in [2.45, 2.75) is 19.9 Å². The van der Waals surface area contributed by atoms with Gasteiger partial charge in [0, 0.05) is 36.0 Å². The summed E-state index contributed by atoms with van der Waals surface area (Å²) < 4.78 is 0. The highest BCUT2D eigenvalue weighted by molar-refractivity contribution is 7.09. The number of fused-ring (bicyclic) bond motifs is 1. The quantitative estimate of drug-likeness (QED) is 0.918. The van der Waals surface area contributed by atoms with E-state index in [1.807, 2.05) is 6.92 Å². The molecule has 3 nitrogen and oxygen atoms in total. The molecule has 4 heteroatoms. The van der Waals surface area contributed by atoms with Gasteiger partial charge >= 0.3 is 0 Å². The van der Waals surface area contributed by atoms with E-state index in [0.717, 1.165) is 30.2 Å². The lowest BCUT2D eigenvalue weighted by molar-refractivity contribution is 0.956. The molecule has 0 radical (unpaired) electrons. The molecule has 1 aromatic heterocycles. The molecule has 0 bridgehead atoms. The summed E-state index contributed by atoms with van der Waals surface area (Å²) in [6.45, 7) is 3.98. The summed E-state index contributed by atoms with van der Waals surface area (Å²) in [7, 11) is 2.15. The van der Waals surface area contributed by atoms with Crippen LogP contribution in [0.15, 0.2) is 23.6 Å². The van der Waals surface area contributed by atoms with Gasteiger partial charge < -0.3 is 10.2 Å². The second-order valence-corrected chi connectivity index (χ2v) is 5.69. The molecular weight excluding hydrogens is 242 g/mol. The van der Waals surface area contributed by atoms with Crippen LogP contribution in [0.5, 0.6) is 0 Å². The minimum atomic E-state index is 0.813. The predicted octanol–water partition coefficient (Wildman–Crippen LogP) is 3.06. The molecule has 0 atom stereocenters. The van der Waals surface area contributed by atoms with Gasteiger partial charge in [-0.1, -0.05) is 0 Å². The first-order chi connectivity index (χ1) is 8.72. The molecule has 0 saturated heterocycles. The summed E-state index contributed by atoms with van der Waals surface area (Å²) in [6.07, 6.45) is 1.15. The van der Waals surface area contributed by atoms with Gasteiger partial charge in [-0.25, -0.2) is 4.98 Å². The van der Waals surface area contributed by atoms with Crippen molar-refractivity contribution in [2.75, 3.05) is 23.8 Å². The van der Waals surface area contributed by atoms with Crippen LogP contribution in [-0.4, -0.2) is 18.6 Å². The van der Waals surface area contributed by atoms with Crippen molar-refractivity contribution in [2.24, 2.45) is 0 Å². The fourth-order valence-electron chi connectivity index (χ4n) is 2.34. The average molecular weight is 259 g/mol. The van der Waals surface area contributed by atoms with Crippen LogP contribution in [-0.2, 0) is 13.0 Å². The molecule has 0 fully saturated rings. The molecule has 0 spiro atoms. The molecule has 18 heavy (non-hydrogen) atoms. The highest BCUT2D eigenvalue weighted by Crippen LogP contribution is 2.29. The molecule has 1 aliphatic heterocycles. The number of rotatable bonds is 3. The fourth-order valence-corrected chi connectivity index (χ4v) is 3.05. The van der Waals surface area contributed by atoms with Gasteiger partial charge in [0.05, 0.1) is 6.54 Å². The van der Waals surface area contributed by atoms with E-state index in [0.29, 0.717) is 0 Å². The van der Waals surface area contributed by atoms with Crippen molar-refractivity contribution < 1.29 is 0 Å². The average Bonchev–Trinajstić information content (AvgIpc) is 2.94. The largest absolute Gasteiger partial charge is 0.379 e. The van der Waals surface area contributed by atoms with Gasteiger partial charge in [-0.3, -0.25) is 0 Å². The lowest BCUT2D eigenvalue weighted by atomic mass is 10.1. The molecule has 0 unspecified atom stereocenters. The second kappa shape index (κ2) is 4.61. The third kappa shape index (κ3) is 2.20. The monoisotopic (exact) mass is 259 g/mol. The van der Waals surface area contributed by atoms with Gasteiger partial charge in [-0.05, 0) is 37.1 Å². The maximum absolute atomic E-state index is 4.46. The van der Waals surface area contributed by atoms with Crippen molar-refractivity contribution in [3.05, 3.63) is 39.8 Å². The first-order valence-corrected chi connectivity index (χ1v) is 7.09. The molecule has 94 valence electrons. The number of nitrogens with zero attached hydrogens (tertiary/aromatic N) is 2. The molecule has 3 rings (SSSR count). The standard InChI is InChI=1S/C14H17N3S/c1-10-9-18-14(16-10)8-15-12-3-4-13-11(7-12)5-6-17(13)2/h3-4,7,9,15H,5-6,8H2,1-2H3. The highest BCUT2D eigenvalue weighted by Gasteiger charge is 2.15. The first-order valence-electron chi connectivity index (χ1n) is 6.21. The summed E-state index contributed by atoms with van der Waals surface area (Å²) in [5.41, 5.74) is 5.10. The van der Waals surface area contributed by atoms with Gasteiger partial charge in [-0.2, -0.15) is 0 Å². The maximum atomic E-state index is 4.46. The lowest BCUT2D eigenvalue weighted by Crippen LogP contribution is -2.12. The Morgan fingerprint density at radius 3 is 3.11 bits per heavy atom. The Morgan fingerprint density at radius 2 is 2.33 bits per heavy atom. The fraction of sp³-hybridized carbons (Fsp3) is 0.357. The number of hydrogen-bond donors (Lipinski definition) is 1. The summed E-state index contributed by atoms with van der Waals surface area (Å²) in [6, 6.07) is 6.62. The van der Waals surface area contributed by atoms with Crippen LogP contribution < -0.4 is 10.2 Å².